The van der Waals surface area contributed by atoms with Crippen LogP contribution in [0.25, 0.3) is 0 Å². The van der Waals surface area contributed by atoms with Crippen molar-refractivity contribution >= 4 is 23.4 Å². The standard InChI is InChI=1S/C11H14ClN5S/c1-6-13-7(12)5-8(14-6)18-10-15-9(16-17-10)11(2,3)4/h5H,1-4H3,(H,15,16,17). The largest absolute Gasteiger partial charge is 0.262 e. The average Bonchev–Trinajstić information content (AvgIpc) is 2.63. The molecule has 0 radical (unpaired) electrons. The van der Waals surface area contributed by atoms with Crippen LogP contribution in [-0.4, -0.2) is 25.1 Å². The van der Waals surface area contributed by atoms with E-state index in [1.807, 2.05) is 0 Å². The Bertz CT molecular complexity index is 541. The lowest BCUT2D eigenvalue weighted by molar-refractivity contribution is 0.547. The Labute approximate surface area is 115 Å². The van der Waals surface area contributed by atoms with Crippen LogP contribution >= 0.6 is 23.4 Å². The summed E-state index contributed by atoms with van der Waals surface area (Å²) in [5.41, 5.74) is -0.0506. The molecule has 18 heavy (non-hydrogen) atoms. The van der Waals surface area contributed by atoms with Crippen molar-refractivity contribution in [2.45, 2.75) is 43.3 Å². The van der Waals surface area contributed by atoms with Crippen molar-refractivity contribution in [2.75, 3.05) is 0 Å². The van der Waals surface area contributed by atoms with Crippen LogP contribution in [0.5, 0.6) is 0 Å². The van der Waals surface area contributed by atoms with E-state index in [-0.39, 0.29) is 5.41 Å². The summed E-state index contributed by atoms with van der Waals surface area (Å²) in [6, 6.07) is 1.70. The molecule has 0 aliphatic carbocycles. The number of nitrogens with zero attached hydrogens (tertiary/aromatic N) is 4. The fourth-order valence-corrected chi connectivity index (χ4v) is 2.33. The Kier molecular flexibility index (Phi) is 3.59. The Balaban J connectivity index is 2.21. The molecule has 7 heteroatoms. The van der Waals surface area contributed by atoms with E-state index in [2.05, 4.69) is 45.9 Å². The lowest BCUT2D eigenvalue weighted by Crippen LogP contribution is -2.13. The highest BCUT2D eigenvalue weighted by Gasteiger charge is 2.19. The summed E-state index contributed by atoms with van der Waals surface area (Å²) in [4.78, 5) is 12.7. The van der Waals surface area contributed by atoms with Gasteiger partial charge in [0.2, 0.25) is 5.16 Å². The number of hydrogen-bond acceptors (Lipinski definition) is 5. The highest BCUT2D eigenvalue weighted by molar-refractivity contribution is 7.99. The van der Waals surface area contributed by atoms with Crippen LogP contribution in [0.3, 0.4) is 0 Å². The Morgan fingerprint density at radius 2 is 1.94 bits per heavy atom. The quantitative estimate of drug-likeness (QED) is 0.858. The van der Waals surface area contributed by atoms with Gasteiger partial charge in [-0.25, -0.2) is 15.0 Å². The van der Waals surface area contributed by atoms with E-state index in [0.29, 0.717) is 16.1 Å². The van der Waals surface area contributed by atoms with Crippen LogP contribution in [0.4, 0.5) is 0 Å². The number of aromatic nitrogens is 5. The van der Waals surface area contributed by atoms with Gasteiger partial charge in [-0.15, -0.1) is 5.10 Å². The molecule has 0 aromatic carbocycles. The zero-order valence-corrected chi connectivity index (χ0v) is 12.2. The lowest BCUT2D eigenvalue weighted by Gasteiger charge is -2.12. The van der Waals surface area contributed by atoms with Gasteiger partial charge in [-0.2, -0.15) is 0 Å². The highest BCUT2D eigenvalue weighted by atomic mass is 35.5. The number of nitrogens with one attached hydrogen (secondary N) is 1. The lowest BCUT2D eigenvalue weighted by atomic mass is 9.96. The minimum Gasteiger partial charge on any atom is -0.262 e. The second-order valence-corrected chi connectivity index (χ2v) is 6.27. The molecule has 96 valence electrons. The van der Waals surface area contributed by atoms with E-state index in [0.717, 1.165) is 10.9 Å². The van der Waals surface area contributed by atoms with E-state index in [1.54, 1.807) is 13.0 Å². The number of aryl methyl sites for hydroxylation is 1. The minimum atomic E-state index is -0.0506. The number of halogens is 1. The van der Waals surface area contributed by atoms with Crippen molar-refractivity contribution in [1.82, 2.24) is 25.1 Å². The first-order valence-electron chi connectivity index (χ1n) is 5.46. The molecule has 0 saturated carbocycles. The second-order valence-electron chi connectivity index (χ2n) is 4.89. The predicted octanol–water partition coefficient (Wildman–Crippen LogP) is 3.01. The van der Waals surface area contributed by atoms with Crippen LogP contribution in [0.15, 0.2) is 16.2 Å². The third-order valence-electron chi connectivity index (χ3n) is 2.15. The van der Waals surface area contributed by atoms with Gasteiger partial charge in [-0.3, -0.25) is 5.10 Å². The Hall–Kier alpha value is -1.14. The van der Waals surface area contributed by atoms with E-state index in [4.69, 9.17) is 11.6 Å². The monoisotopic (exact) mass is 283 g/mol. The fraction of sp³-hybridized carbons (Fsp3) is 0.455. The average molecular weight is 284 g/mol. The van der Waals surface area contributed by atoms with Gasteiger partial charge in [0.15, 0.2) is 0 Å². The molecule has 0 aliphatic heterocycles. The number of rotatable bonds is 2. The third-order valence-corrected chi connectivity index (χ3v) is 3.13. The van der Waals surface area contributed by atoms with Crippen LogP contribution in [0, 0.1) is 6.92 Å². The van der Waals surface area contributed by atoms with Gasteiger partial charge < -0.3 is 0 Å². The molecular formula is C11H14ClN5S. The molecule has 0 fully saturated rings. The summed E-state index contributed by atoms with van der Waals surface area (Å²) in [7, 11) is 0. The smallest absolute Gasteiger partial charge is 0.214 e. The first kappa shape index (κ1) is 13.3. The SMILES string of the molecule is Cc1nc(Cl)cc(Sc2n[nH]c(C(C)(C)C)n2)n1. The van der Waals surface area contributed by atoms with Crippen molar-refractivity contribution in [3.05, 3.63) is 22.9 Å². The summed E-state index contributed by atoms with van der Waals surface area (Å²) < 4.78 is 0. The summed E-state index contributed by atoms with van der Waals surface area (Å²) in [5, 5.41) is 8.90. The normalized spacial score (nSPS) is 11.8. The van der Waals surface area contributed by atoms with Gasteiger partial charge in [0, 0.05) is 11.5 Å². The van der Waals surface area contributed by atoms with Crippen LogP contribution in [0.2, 0.25) is 5.15 Å². The van der Waals surface area contributed by atoms with Crippen LogP contribution in [-0.2, 0) is 5.41 Å². The van der Waals surface area contributed by atoms with Gasteiger partial charge in [0.1, 0.15) is 21.8 Å². The molecule has 1 N–H and O–H groups in total. The van der Waals surface area contributed by atoms with E-state index >= 15 is 0 Å². The molecule has 0 aliphatic rings. The number of H-pyrrole nitrogens is 1. The zero-order chi connectivity index (χ0) is 13.3. The van der Waals surface area contributed by atoms with Crippen LogP contribution < -0.4 is 0 Å². The van der Waals surface area contributed by atoms with Crippen molar-refractivity contribution < 1.29 is 0 Å². The molecule has 2 aromatic heterocycles. The Morgan fingerprint density at radius 3 is 2.50 bits per heavy atom. The third kappa shape index (κ3) is 3.20. The maximum Gasteiger partial charge on any atom is 0.214 e. The molecular weight excluding hydrogens is 270 g/mol. The van der Waals surface area contributed by atoms with Gasteiger partial charge >= 0.3 is 0 Å². The highest BCUT2D eigenvalue weighted by Crippen LogP contribution is 2.26. The maximum absolute atomic E-state index is 5.88. The van der Waals surface area contributed by atoms with E-state index in [1.165, 1.54) is 11.8 Å². The molecule has 0 amide bonds. The first-order chi connectivity index (χ1) is 8.34. The summed E-state index contributed by atoms with van der Waals surface area (Å²) in [6.45, 7) is 8.03. The predicted molar refractivity (Wildman–Crippen MR) is 71.0 cm³/mol. The molecule has 5 nitrogen and oxygen atoms in total. The molecule has 0 atom stereocenters. The topological polar surface area (TPSA) is 67.3 Å². The molecule has 0 saturated heterocycles. The molecule has 2 heterocycles. The summed E-state index contributed by atoms with van der Waals surface area (Å²) >= 11 is 7.24. The summed E-state index contributed by atoms with van der Waals surface area (Å²) in [5.74, 6) is 1.48. The summed E-state index contributed by atoms with van der Waals surface area (Å²) in [6.07, 6.45) is 0. The van der Waals surface area contributed by atoms with Gasteiger partial charge in [0.05, 0.1) is 0 Å². The van der Waals surface area contributed by atoms with Crippen LogP contribution in [0.1, 0.15) is 32.4 Å². The van der Waals surface area contributed by atoms with Gasteiger partial charge in [-0.05, 0) is 18.7 Å². The fourth-order valence-electron chi connectivity index (χ4n) is 1.28. The Morgan fingerprint density at radius 1 is 1.22 bits per heavy atom. The van der Waals surface area contributed by atoms with Crippen molar-refractivity contribution in [1.29, 1.82) is 0 Å². The minimum absolute atomic E-state index is 0.0506. The first-order valence-corrected chi connectivity index (χ1v) is 6.66. The molecule has 0 spiro atoms. The number of aromatic amines is 1. The van der Waals surface area contributed by atoms with E-state index in [9.17, 15) is 0 Å². The molecule has 2 aromatic rings. The molecule has 0 unspecified atom stereocenters. The maximum atomic E-state index is 5.88. The van der Waals surface area contributed by atoms with Gasteiger partial charge in [-0.1, -0.05) is 32.4 Å². The van der Waals surface area contributed by atoms with Crippen molar-refractivity contribution in [2.24, 2.45) is 0 Å². The van der Waals surface area contributed by atoms with Crippen molar-refractivity contribution in [3.8, 4) is 0 Å². The van der Waals surface area contributed by atoms with Gasteiger partial charge in [0.25, 0.3) is 0 Å². The molecule has 2 rings (SSSR count). The zero-order valence-electron chi connectivity index (χ0n) is 10.7. The molecule has 0 bridgehead atoms. The number of hydrogen-bond donors (Lipinski definition) is 1. The second kappa shape index (κ2) is 4.85. The van der Waals surface area contributed by atoms with Crippen molar-refractivity contribution in [3.63, 3.8) is 0 Å². The van der Waals surface area contributed by atoms with E-state index < -0.39 is 0 Å².